The van der Waals surface area contributed by atoms with Crippen molar-refractivity contribution in [3.63, 3.8) is 0 Å². The number of fused-ring (bicyclic) bond motifs is 2. The molecule has 0 spiro atoms. The third kappa shape index (κ3) is 5.40. The fourth-order valence-corrected chi connectivity index (χ4v) is 7.35. The van der Waals surface area contributed by atoms with Gasteiger partial charge in [-0.25, -0.2) is 12.8 Å². The van der Waals surface area contributed by atoms with Gasteiger partial charge >= 0.3 is 12.4 Å². The minimum absolute atomic E-state index is 0.00854. The summed E-state index contributed by atoms with van der Waals surface area (Å²) in [5.74, 6) is -0.651. The standard InChI is InChI=1S/C25H26ClF7N2O3S/c1-3-14-8-15(11-34-12-17-5-6-18(13-34)35(17)39(2,37)38)22(27)10-20(14)19-7-4-16(9-21(19)26)23(36,24(28,29)30)25(31,32)33/h4,7-10,17-18,36H,3,5-6,11-13H2,1-2H3. The highest BCUT2D eigenvalue weighted by atomic mass is 35.5. The molecule has 2 unspecified atom stereocenters. The number of sulfonamides is 1. The van der Waals surface area contributed by atoms with Crippen molar-refractivity contribution in [2.45, 2.75) is 62.8 Å². The molecule has 2 bridgehead atoms. The minimum Gasteiger partial charge on any atom is -0.369 e. The van der Waals surface area contributed by atoms with Gasteiger partial charge in [-0.05, 0) is 42.5 Å². The number of hydrogen-bond donors (Lipinski definition) is 1. The first-order valence-electron chi connectivity index (χ1n) is 12.1. The number of alkyl halides is 6. The second-order valence-electron chi connectivity index (χ2n) is 10.0. The molecule has 1 N–H and O–H groups in total. The molecule has 2 aromatic carbocycles. The van der Waals surface area contributed by atoms with Gasteiger partial charge in [-0.3, -0.25) is 4.90 Å². The minimum atomic E-state index is -6.06. The quantitative estimate of drug-likeness (QED) is 0.436. The molecule has 2 fully saturated rings. The molecule has 2 aromatic rings. The van der Waals surface area contributed by atoms with Crippen molar-refractivity contribution in [3.05, 3.63) is 57.9 Å². The highest BCUT2D eigenvalue weighted by molar-refractivity contribution is 7.88. The number of aliphatic hydroxyl groups is 1. The average Bonchev–Trinajstić information content (AvgIpc) is 3.10. The Hall–Kier alpha value is -1.93. The number of nitrogens with zero attached hydrogens (tertiary/aromatic N) is 2. The topological polar surface area (TPSA) is 60.9 Å². The van der Waals surface area contributed by atoms with E-state index in [1.807, 2.05) is 4.90 Å². The molecule has 2 saturated heterocycles. The van der Waals surface area contributed by atoms with Crippen LogP contribution in [0.25, 0.3) is 11.1 Å². The van der Waals surface area contributed by atoms with Crippen LogP contribution in [-0.2, 0) is 28.6 Å². The summed E-state index contributed by atoms with van der Waals surface area (Å²) in [6.07, 6.45) is -9.19. The van der Waals surface area contributed by atoms with Crippen LogP contribution in [-0.4, -0.2) is 66.5 Å². The summed E-state index contributed by atoms with van der Waals surface area (Å²) in [4.78, 5) is 1.97. The molecule has 216 valence electrons. The molecule has 0 amide bonds. The molecule has 5 nitrogen and oxygen atoms in total. The third-order valence-corrected chi connectivity index (χ3v) is 9.09. The predicted molar refractivity (Wildman–Crippen MR) is 131 cm³/mol. The SMILES string of the molecule is CCc1cc(CN2CC3CCC(C2)N3S(C)(=O)=O)c(F)cc1-c1ccc(C(O)(C(F)(F)F)C(F)(F)F)cc1Cl. The van der Waals surface area contributed by atoms with E-state index in [0.29, 0.717) is 55.6 Å². The lowest BCUT2D eigenvalue weighted by Crippen LogP contribution is -2.55. The Balaban J connectivity index is 1.64. The number of halogens is 8. The van der Waals surface area contributed by atoms with E-state index in [4.69, 9.17) is 11.6 Å². The predicted octanol–water partition coefficient (Wildman–Crippen LogP) is 5.63. The van der Waals surface area contributed by atoms with Gasteiger partial charge in [0.15, 0.2) is 0 Å². The largest absolute Gasteiger partial charge is 0.430 e. The van der Waals surface area contributed by atoms with Crippen molar-refractivity contribution in [3.8, 4) is 11.1 Å². The van der Waals surface area contributed by atoms with Crippen LogP contribution in [0.1, 0.15) is 36.5 Å². The van der Waals surface area contributed by atoms with Crippen molar-refractivity contribution in [2.75, 3.05) is 19.3 Å². The molecule has 0 aliphatic carbocycles. The fraction of sp³-hybridized carbons (Fsp3) is 0.520. The Morgan fingerprint density at radius 1 is 0.949 bits per heavy atom. The molecule has 2 atom stereocenters. The first-order chi connectivity index (χ1) is 17.9. The maximum Gasteiger partial charge on any atom is 0.430 e. The highest BCUT2D eigenvalue weighted by Crippen LogP contribution is 2.51. The molecule has 39 heavy (non-hydrogen) atoms. The summed E-state index contributed by atoms with van der Waals surface area (Å²) >= 11 is 6.11. The first kappa shape index (κ1) is 30.0. The van der Waals surface area contributed by atoms with Crippen LogP contribution in [0.2, 0.25) is 5.02 Å². The van der Waals surface area contributed by atoms with Crippen LogP contribution in [0.3, 0.4) is 0 Å². The zero-order chi connectivity index (χ0) is 29.1. The summed E-state index contributed by atoms with van der Waals surface area (Å²) in [6.45, 7) is 2.81. The van der Waals surface area contributed by atoms with Gasteiger partial charge in [-0.15, -0.1) is 0 Å². The number of piperazine rings is 1. The molecule has 0 saturated carbocycles. The monoisotopic (exact) mass is 602 g/mol. The summed E-state index contributed by atoms with van der Waals surface area (Å²) in [5.41, 5.74) is -5.56. The number of likely N-dealkylation sites (tertiary alicyclic amines) is 1. The molecule has 2 aliphatic rings. The normalized spacial score (nSPS) is 21.5. The fourth-order valence-electron chi connectivity index (χ4n) is 5.64. The average molecular weight is 603 g/mol. The summed E-state index contributed by atoms with van der Waals surface area (Å²) in [5, 5.41) is 9.15. The third-order valence-electron chi connectivity index (χ3n) is 7.42. The van der Waals surface area contributed by atoms with E-state index in [0.717, 1.165) is 12.1 Å². The Labute approximate surface area is 226 Å². The second-order valence-corrected chi connectivity index (χ2v) is 12.3. The zero-order valence-corrected chi connectivity index (χ0v) is 22.4. The van der Waals surface area contributed by atoms with Crippen LogP contribution >= 0.6 is 11.6 Å². The lowest BCUT2D eigenvalue weighted by atomic mass is 9.89. The van der Waals surface area contributed by atoms with Crippen LogP contribution in [0, 0.1) is 5.82 Å². The number of benzene rings is 2. The Morgan fingerprint density at radius 2 is 1.51 bits per heavy atom. The molecule has 14 heteroatoms. The van der Waals surface area contributed by atoms with Crippen LogP contribution < -0.4 is 0 Å². The molecular formula is C25H26ClF7N2O3S. The molecule has 0 radical (unpaired) electrons. The Morgan fingerprint density at radius 3 is 1.97 bits per heavy atom. The summed E-state index contributed by atoms with van der Waals surface area (Å²) in [7, 11) is -3.37. The first-order valence-corrected chi connectivity index (χ1v) is 14.3. The molecule has 2 heterocycles. The number of aryl methyl sites for hydroxylation is 1. The van der Waals surface area contributed by atoms with E-state index in [2.05, 4.69) is 0 Å². The number of hydrogen-bond acceptors (Lipinski definition) is 4. The van der Waals surface area contributed by atoms with Crippen molar-refractivity contribution < 1.29 is 44.3 Å². The molecular weight excluding hydrogens is 577 g/mol. The lowest BCUT2D eigenvalue weighted by Gasteiger charge is -2.39. The van der Waals surface area contributed by atoms with Gasteiger partial charge in [0.25, 0.3) is 5.60 Å². The summed E-state index contributed by atoms with van der Waals surface area (Å²) in [6, 6.07) is 4.07. The van der Waals surface area contributed by atoms with E-state index >= 15 is 4.39 Å². The zero-order valence-electron chi connectivity index (χ0n) is 20.9. The second kappa shape index (κ2) is 10.2. The molecule has 4 rings (SSSR count). The van der Waals surface area contributed by atoms with Crippen LogP contribution in [0.4, 0.5) is 30.7 Å². The molecule has 0 aromatic heterocycles. The van der Waals surface area contributed by atoms with Gasteiger partial charge in [0.2, 0.25) is 10.0 Å². The highest BCUT2D eigenvalue weighted by Gasteiger charge is 2.71. The van der Waals surface area contributed by atoms with Crippen molar-refractivity contribution >= 4 is 21.6 Å². The lowest BCUT2D eigenvalue weighted by molar-refractivity contribution is -0.376. The van der Waals surface area contributed by atoms with Crippen LogP contribution in [0.5, 0.6) is 0 Å². The van der Waals surface area contributed by atoms with E-state index in [1.165, 1.54) is 10.6 Å². The van der Waals surface area contributed by atoms with Gasteiger partial charge in [-0.2, -0.15) is 30.6 Å². The van der Waals surface area contributed by atoms with E-state index in [1.54, 1.807) is 13.0 Å². The van der Waals surface area contributed by atoms with Crippen molar-refractivity contribution in [1.82, 2.24) is 9.21 Å². The summed E-state index contributed by atoms with van der Waals surface area (Å²) < 4.78 is 121. The number of rotatable bonds is 6. The smallest absolute Gasteiger partial charge is 0.369 e. The van der Waals surface area contributed by atoms with Gasteiger partial charge < -0.3 is 5.11 Å². The van der Waals surface area contributed by atoms with E-state index < -0.39 is 44.4 Å². The van der Waals surface area contributed by atoms with Crippen molar-refractivity contribution in [2.24, 2.45) is 0 Å². The Kier molecular flexibility index (Phi) is 7.83. The van der Waals surface area contributed by atoms with E-state index in [-0.39, 0.29) is 29.8 Å². The van der Waals surface area contributed by atoms with Gasteiger partial charge in [0.05, 0.1) is 6.26 Å². The van der Waals surface area contributed by atoms with Crippen LogP contribution in [0.15, 0.2) is 30.3 Å². The Bertz CT molecular complexity index is 1340. The van der Waals surface area contributed by atoms with Gasteiger partial charge in [0.1, 0.15) is 5.82 Å². The maximum atomic E-state index is 15.3. The van der Waals surface area contributed by atoms with Crippen molar-refractivity contribution in [1.29, 1.82) is 0 Å². The van der Waals surface area contributed by atoms with Gasteiger partial charge in [-0.1, -0.05) is 36.7 Å². The molecule has 2 aliphatic heterocycles. The van der Waals surface area contributed by atoms with E-state index in [9.17, 15) is 39.9 Å². The van der Waals surface area contributed by atoms with Gasteiger partial charge in [0, 0.05) is 53.4 Å². The maximum absolute atomic E-state index is 15.3.